The van der Waals surface area contributed by atoms with Gasteiger partial charge in [-0.05, 0) is 19.3 Å². The van der Waals surface area contributed by atoms with Gasteiger partial charge in [-0.25, -0.2) is 5.21 Å². The third kappa shape index (κ3) is 6.79. The minimum absolute atomic E-state index is 0.121. The van der Waals surface area contributed by atoms with Gasteiger partial charge in [0, 0.05) is 0 Å². The van der Waals surface area contributed by atoms with Crippen LogP contribution in [0.5, 0.6) is 0 Å². The van der Waals surface area contributed by atoms with Crippen LogP contribution in [0.3, 0.4) is 0 Å². The van der Waals surface area contributed by atoms with Crippen LogP contribution in [-0.4, -0.2) is 52.8 Å². The Bertz CT molecular complexity index is 179. The summed E-state index contributed by atoms with van der Waals surface area (Å²) >= 11 is 0. The zero-order chi connectivity index (χ0) is 11.2. The lowest BCUT2D eigenvalue weighted by Gasteiger charge is -2.19. The van der Waals surface area contributed by atoms with Gasteiger partial charge in [-0.2, -0.15) is 10.1 Å². The molecule has 0 aromatic rings. The summed E-state index contributed by atoms with van der Waals surface area (Å²) in [5.41, 5.74) is 1.73. The van der Waals surface area contributed by atoms with Crippen molar-refractivity contribution in [3.63, 3.8) is 0 Å². The molecule has 0 saturated carbocycles. The Hall–Kier alpha value is -0.690. The van der Waals surface area contributed by atoms with E-state index in [-0.39, 0.29) is 4.65 Å². The molecule has 0 amide bonds. The molecule has 0 aromatic carbocycles. The summed E-state index contributed by atoms with van der Waals surface area (Å²) in [4.78, 5) is 10.4. The number of nitrogens with one attached hydrogen (secondary N) is 1. The van der Waals surface area contributed by atoms with Crippen LogP contribution < -0.4 is 5.48 Å². The minimum atomic E-state index is -1.06. The van der Waals surface area contributed by atoms with Gasteiger partial charge in [0.25, 0.3) is 0 Å². The smallest absolute Gasteiger partial charge is 0.323 e. The summed E-state index contributed by atoms with van der Waals surface area (Å²) in [6, 6.07) is -0.913. The van der Waals surface area contributed by atoms with E-state index in [1.165, 1.54) is 0 Å². The predicted octanol–water partition coefficient (Wildman–Crippen LogP) is 0.0543. The molecule has 0 aliphatic carbocycles. The van der Waals surface area contributed by atoms with Gasteiger partial charge in [-0.3, -0.25) is 4.79 Å². The molecule has 0 bridgehead atoms. The van der Waals surface area contributed by atoms with Gasteiger partial charge in [-0.1, -0.05) is 0 Å². The number of unbranched alkanes of at least 4 members (excludes halogenated alkanes) is 1. The fourth-order valence-corrected chi connectivity index (χ4v) is 1.09. The lowest BCUT2D eigenvalue weighted by atomic mass is 10.1. The Morgan fingerprint density at radius 2 is 2.00 bits per heavy atom. The standard InChI is InChI=1S/C8H18N2O4/c1-10(2,14)6-4-3-5-7(9-13)8(11)12/h7,9,13-14H,3-6H2,1-2H3/p+1/t7-/m0/s1. The molecule has 0 radical (unpaired) electrons. The van der Waals surface area contributed by atoms with Crippen molar-refractivity contribution >= 4 is 5.97 Å². The number of aliphatic carboxylic acids is 1. The first-order valence-electron chi connectivity index (χ1n) is 4.55. The molecule has 14 heavy (non-hydrogen) atoms. The molecule has 6 heteroatoms. The lowest BCUT2D eigenvalue weighted by molar-refractivity contribution is -1.07. The summed E-state index contributed by atoms with van der Waals surface area (Å²) in [6.45, 7) is 0.567. The molecule has 0 spiro atoms. The van der Waals surface area contributed by atoms with Crippen molar-refractivity contribution < 1.29 is 25.0 Å². The molecule has 0 unspecified atom stereocenters. The molecule has 0 heterocycles. The van der Waals surface area contributed by atoms with E-state index in [0.29, 0.717) is 19.4 Å². The molecule has 4 N–H and O–H groups in total. The summed E-state index contributed by atoms with van der Waals surface area (Å²) < 4.78 is -0.121. The van der Waals surface area contributed by atoms with E-state index in [9.17, 15) is 10.0 Å². The molecule has 1 atom stereocenters. The van der Waals surface area contributed by atoms with E-state index in [1.54, 1.807) is 19.6 Å². The average molecular weight is 207 g/mol. The number of carbonyl (C=O) groups is 1. The average Bonchev–Trinajstić information content (AvgIpc) is 2.01. The van der Waals surface area contributed by atoms with Crippen molar-refractivity contribution in [1.82, 2.24) is 5.48 Å². The Labute approximate surface area is 83.3 Å². The molecule has 0 aliphatic rings. The van der Waals surface area contributed by atoms with Crippen LogP contribution in [0.15, 0.2) is 0 Å². The normalized spacial score (nSPS) is 14.0. The molecule has 84 valence electrons. The first-order valence-corrected chi connectivity index (χ1v) is 4.55. The Morgan fingerprint density at radius 3 is 2.36 bits per heavy atom. The van der Waals surface area contributed by atoms with Gasteiger partial charge >= 0.3 is 5.97 Å². The topological polar surface area (TPSA) is 89.8 Å². The largest absolute Gasteiger partial charge is 0.480 e. The van der Waals surface area contributed by atoms with E-state index in [2.05, 4.69) is 0 Å². The number of nitrogens with zero attached hydrogens (tertiary/aromatic N) is 1. The number of hydroxylamine groups is 4. The monoisotopic (exact) mass is 207 g/mol. The van der Waals surface area contributed by atoms with Crippen LogP contribution in [0.25, 0.3) is 0 Å². The first-order chi connectivity index (χ1) is 6.37. The van der Waals surface area contributed by atoms with Crippen LogP contribution in [0, 0.1) is 0 Å². The van der Waals surface area contributed by atoms with Gasteiger partial charge in [0.15, 0.2) is 0 Å². The Morgan fingerprint density at radius 1 is 1.43 bits per heavy atom. The third-order valence-corrected chi connectivity index (χ3v) is 1.90. The summed E-state index contributed by atoms with van der Waals surface area (Å²) in [5.74, 6) is -1.06. The van der Waals surface area contributed by atoms with Crippen LogP contribution in [0.4, 0.5) is 0 Å². The van der Waals surface area contributed by atoms with E-state index in [0.717, 1.165) is 6.42 Å². The summed E-state index contributed by atoms with van der Waals surface area (Å²) in [6.07, 6.45) is 1.72. The number of rotatable bonds is 7. The highest BCUT2D eigenvalue weighted by molar-refractivity contribution is 5.73. The lowest BCUT2D eigenvalue weighted by Crippen LogP contribution is -2.37. The van der Waals surface area contributed by atoms with Crippen molar-refractivity contribution in [3.8, 4) is 0 Å². The molecule has 0 saturated heterocycles. The number of hydrogen-bond donors (Lipinski definition) is 4. The Kier molecular flexibility index (Phi) is 5.63. The van der Waals surface area contributed by atoms with Gasteiger partial charge in [-0.15, -0.1) is 0 Å². The van der Waals surface area contributed by atoms with Gasteiger partial charge in [0.05, 0.1) is 14.1 Å². The zero-order valence-electron chi connectivity index (χ0n) is 8.60. The maximum Gasteiger partial charge on any atom is 0.323 e. The van der Waals surface area contributed by atoms with Crippen LogP contribution >= 0.6 is 0 Å². The fourth-order valence-electron chi connectivity index (χ4n) is 1.09. The summed E-state index contributed by atoms with van der Waals surface area (Å²) in [5, 5.41) is 26.3. The molecule has 0 aliphatic heterocycles. The minimum Gasteiger partial charge on any atom is -0.480 e. The zero-order valence-corrected chi connectivity index (χ0v) is 8.60. The fraction of sp³-hybridized carbons (Fsp3) is 0.875. The second kappa shape index (κ2) is 5.92. The molecular weight excluding hydrogens is 188 g/mol. The van der Waals surface area contributed by atoms with Crippen LogP contribution in [-0.2, 0) is 4.79 Å². The quantitative estimate of drug-likeness (QED) is 0.269. The molecule has 0 fully saturated rings. The summed E-state index contributed by atoms with van der Waals surface area (Å²) in [7, 11) is 3.30. The van der Waals surface area contributed by atoms with Crippen molar-refractivity contribution in [2.75, 3.05) is 20.6 Å². The first kappa shape index (κ1) is 13.3. The highest BCUT2D eigenvalue weighted by Gasteiger charge is 2.16. The molecule has 0 rings (SSSR count). The van der Waals surface area contributed by atoms with E-state index < -0.39 is 12.0 Å². The van der Waals surface area contributed by atoms with Crippen molar-refractivity contribution in [3.05, 3.63) is 0 Å². The molecule has 6 nitrogen and oxygen atoms in total. The van der Waals surface area contributed by atoms with Crippen LogP contribution in [0.2, 0.25) is 0 Å². The van der Waals surface area contributed by atoms with Crippen molar-refractivity contribution in [2.24, 2.45) is 0 Å². The van der Waals surface area contributed by atoms with Gasteiger partial charge in [0.1, 0.15) is 12.6 Å². The second-order valence-corrected chi connectivity index (χ2v) is 3.86. The number of quaternary nitrogens is 1. The SMILES string of the molecule is C[N+](C)(O)CCCC[C@H](NO)C(=O)O. The maximum absolute atomic E-state index is 10.4. The second-order valence-electron chi connectivity index (χ2n) is 3.86. The van der Waals surface area contributed by atoms with Gasteiger partial charge < -0.3 is 10.3 Å². The van der Waals surface area contributed by atoms with Crippen LogP contribution in [0.1, 0.15) is 19.3 Å². The number of carboxylic acid groups (broad SMARTS) is 1. The van der Waals surface area contributed by atoms with E-state index in [4.69, 9.17) is 10.3 Å². The predicted molar refractivity (Wildman–Crippen MR) is 49.0 cm³/mol. The van der Waals surface area contributed by atoms with Gasteiger partial charge in [0.2, 0.25) is 0 Å². The number of hydrogen-bond acceptors (Lipinski definition) is 4. The highest BCUT2D eigenvalue weighted by atomic mass is 16.5. The van der Waals surface area contributed by atoms with E-state index in [1.807, 2.05) is 0 Å². The van der Waals surface area contributed by atoms with Crippen molar-refractivity contribution in [1.29, 1.82) is 0 Å². The van der Waals surface area contributed by atoms with E-state index >= 15 is 0 Å². The maximum atomic E-state index is 10.4. The third-order valence-electron chi connectivity index (χ3n) is 1.90. The Balaban J connectivity index is 3.58. The molecular formula is C8H19N2O4+. The molecule has 0 aromatic heterocycles. The van der Waals surface area contributed by atoms with Crippen molar-refractivity contribution in [2.45, 2.75) is 25.3 Å². The highest BCUT2D eigenvalue weighted by Crippen LogP contribution is 2.03. The number of carboxylic acids is 1.